The Balaban J connectivity index is 1.35. The van der Waals surface area contributed by atoms with E-state index in [2.05, 4.69) is 65.2 Å². The molecule has 0 aliphatic heterocycles. The number of fused-ring (bicyclic) bond motifs is 1. The van der Waals surface area contributed by atoms with Gasteiger partial charge in [0.05, 0.1) is 39.3 Å². The Morgan fingerprint density at radius 2 is 2.00 bits per heavy atom. The number of aromatic nitrogens is 2. The number of halogens is 3. The first-order chi connectivity index (χ1) is 18.6. The molecule has 4 bridgehead atoms. The summed E-state index contributed by atoms with van der Waals surface area (Å²) in [5.74, 6) is 1.14. The fourth-order valence-corrected chi connectivity index (χ4v) is 8.44. The van der Waals surface area contributed by atoms with Gasteiger partial charge in [-0.15, -0.1) is 0 Å². The van der Waals surface area contributed by atoms with Gasteiger partial charge in [-0.05, 0) is 83.6 Å². The molecule has 1 aromatic carbocycles. The molecular weight excluding hydrogens is 613 g/mol. The molecule has 4 fully saturated rings. The molecule has 11 heteroatoms. The van der Waals surface area contributed by atoms with E-state index in [-0.39, 0.29) is 33.4 Å². The number of aliphatic imine (C=N–C) groups is 1. The smallest absolute Gasteiger partial charge is 0.250 e. The van der Waals surface area contributed by atoms with E-state index < -0.39 is 19.7 Å². The van der Waals surface area contributed by atoms with Crippen LogP contribution in [0, 0.1) is 23.6 Å². The van der Waals surface area contributed by atoms with E-state index in [0.717, 1.165) is 41.4 Å². The molecule has 7 rings (SSSR count). The molecule has 4 aliphatic carbocycles. The van der Waals surface area contributed by atoms with Crippen molar-refractivity contribution in [3.63, 3.8) is 0 Å². The van der Waals surface area contributed by atoms with Gasteiger partial charge in [0.1, 0.15) is 11.6 Å². The van der Waals surface area contributed by atoms with Crippen LogP contribution >= 0.6 is 27.5 Å². The Bertz CT molecular complexity index is 1530. The van der Waals surface area contributed by atoms with Gasteiger partial charge < -0.3 is 20.6 Å². The summed E-state index contributed by atoms with van der Waals surface area (Å²) in [7, 11) is -2.27. The first kappa shape index (κ1) is 28.0. The topological polar surface area (TPSA) is 97.2 Å². The quantitative estimate of drug-likeness (QED) is 0.148. The average molecular weight is 649 g/mol. The molecule has 0 spiro atoms. The van der Waals surface area contributed by atoms with Crippen molar-refractivity contribution in [3.8, 4) is 5.75 Å². The molecule has 2 heterocycles. The minimum atomic E-state index is -2.27. The van der Waals surface area contributed by atoms with Crippen LogP contribution in [0.2, 0.25) is 23.2 Å². The third-order valence-corrected chi connectivity index (χ3v) is 14.8. The van der Waals surface area contributed by atoms with Gasteiger partial charge in [-0.1, -0.05) is 32.4 Å². The van der Waals surface area contributed by atoms with Crippen LogP contribution in [0.1, 0.15) is 52.0 Å². The second-order valence-electron chi connectivity index (χ2n) is 13.4. The molecule has 0 amide bonds. The number of rotatable bonds is 6. The highest BCUT2D eigenvalue weighted by atomic mass is 79.9. The summed E-state index contributed by atoms with van der Waals surface area (Å²) in [6.07, 6.45) is 7.24. The van der Waals surface area contributed by atoms with Crippen molar-refractivity contribution >= 4 is 58.6 Å². The number of aliphatic hydroxyl groups is 1. The molecule has 2 aromatic heterocycles. The summed E-state index contributed by atoms with van der Waals surface area (Å²) < 4.78 is 24.1. The van der Waals surface area contributed by atoms with Gasteiger partial charge >= 0.3 is 0 Å². The van der Waals surface area contributed by atoms with Gasteiger partial charge in [0.15, 0.2) is 5.82 Å². The van der Waals surface area contributed by atoms with Crippen LogP contribution < -0.4 is 15.5 Å². The summed E-state index contributed by atoms with van der Waals surface area (Å²) in [4.78, 5) is 4.57. The van der Waals surface area contributed by atoms with Crippen LogP contribution in [0.4, 0.5) is 15.8 Å². The predicted molar refractivity (Wildman–Crippen MR) is 164 cm³/mol. The van der Waals surface area contributed by atoms with Crippen molar-refractivity contribution in [1.82, 2.24) is 9.61 Å². The monoisotopic (exact) mass is 647 g/mol. The van der Waals surface area contributed by atoms with Crippen molar-refractivity contribution in [2.24, 2.45) is 28.5 Å². The zero-order valence-electron chi connectivity index (χ0n) is 23.4. The highest BCUT2D eigenvalue weighted by Crippen LogP contribution is 2.60. The van der Waals surface area contributed by atoms with Crippen LogP contribution in [-0.4, -0.2) is 40.5 Å². The Kier molecular flexibility index (Phi) is 6.61. The number of amidine groups is 1. The van der Waals surface area contributed by atoms with Gasteiger partial charge in [-0.25, -0.2) is 13.9 Å². The maximum absolute atomic E-state index is 15.2. The van der Waals surface area contributed by atoms with Gasteiger partial charge in [0.25, 0.3) is 8.32 Å². The van der Waals surface area contributed by atoms with E-state index in [0.29, 0.717) is 23.3 Å². The van der Waals surface area contributed by atoms with E-state index in [1.807, 2.05) is 12.3 Å². The Morgan fingerprint density at radius 3 is 2.70 bits per heavy atom. The number of anilines is 1. The van der Waals surface area contributed by atoms with Gasteiger partial charge in [0.2, 0.25) is 0 Å². The lowest BCUT2D eigenvalue weighted by atomic mass is 9.76. The van der Waals surface area contributed by atoms with Gasteiger partial charge in [0, 0.05) is 28.8 Å². The van der Waals surface area contributed by atoms with Gasteiger partial charge in [-0.2, -0.15) is 5.10 Å². The molecule has 4 saturated carbocycles. The van der Waals surface area contributed by atoms with Gasteiger partial charge in [-0.3, -0.25) is 0 Å². The first-order valence-corrected chi connectivity index (χ1v) is 17.9. The first-order valence-electron chi connectivity index (χ1n) is 13.8. The summed E-state index contributed by atoms with van der Waals surface area (Å²) >= 11 is 10.2. The fourth-order valence-electron chi connectivity index (χ4n) is 6.82. The molecule has 4 N–H and O–H groups in total. The largest absolute Gasteiger partial charge is 0.542 e. The number of nitrogens with zero attached hydrogens (tertiary/aromatic N) is 3. The predicted octanol–water partition coefficient (Wildman–Crippen LogP) is 7.27. The maximum atomic E-state index is 15.2. The molecule has 7 nitrogen and oxygen atoms in total. The zero-order chi connectivity index (χ0) is 28.8. The Morgan fingerprint density at radius 1 is 1.27 bits per heavy atom. The highest BCUT2D eigenvalue weighted by Gasteiger charge is 2.60. The number of nitrogens with one attached hydrogen (secondary N) is 1. The third-order valence-electron chi connectivity index (χ3n) is 9.68. The lowest BCUT2D eigenvalue weighted by Gasteiger charge is -2.39. The van der Waals surface area contributed by atoms with E-state index in [4.69, 9.17) is 21.8 Å². The maximum Gasteiger partial charge on any atom is 0.250 e. The third kappa shape index (κ3) is 4.74. The minimum Gasteiger partial charge on any atom is -0.542 e. The lowest BCUT2D eigenvalue weighted by molar-refractivity contribution is -0.0139. The number of hydrogen-bond acceptors (Lipinski definition) is 5. The van der Waals surface area contributed by atoms with Crippen molar-refractivity contribution in [3.05, 3.63) is 51.5 Å². The van der Waals surface area contributed by atoms with Crippen LogP contribution in [0.25, 0.3) is 5.52 Å². The molecule has 3 aromatic rings. The van der Waals surface area contributed by atoms with E-state index in [1.165, 1.54) is 12.1 Å². The van der Waals surface area contributed by atoms with Crippen molar-refractivity contribution in [1.29, 1.82) is 0 Å². The summed E-state index contributed by atoms with van der Waals surface area (Å²) in [5.41, 5.74) is 8.61. The molecule has 4 aliphatic rings. The van der Waals surface area contributed by atoms with E-state index in [1.54, 1.807) is 10.7 Å². The number of benzene rings is 1. The van der Waals surface area contributed by atoms with Crippen LogP contribution in [-0.2, 0) is 0 Å². The van der Waals surface area contributed by atoms with E-state index >= 15 is 4.39 Å². The molecule has 40 heavy (non-hydrogen) atoms. The fraction of sp³-hybridized carbons (Fsp3) is 0.517. The standard InChI is InChI=1S/C29H36BrClFN5O2Si/c1-28(2,3)40(4,5)39-24-8-20(31)22(9-21(24)32)35-27(33)19-13-34-37-14-17(30)7-23(37)26(19)36-25-16-6-15-10-29(38,11-16)12-18(15)25/h7-9,13-16,18,25,36,38H,6,10-12H2,1-5H3,(H2,33,35). The Hall–Kier alpha value is -2.14. The van der Waals surface area contributed by atoms with Crippen LogP contribution in [0.5, 0.6) is 5.75 Å². The summed E-state index contributed by atoms with van der Waals surface area (Å²) in [5, 5.41) is 19.4. The van der Waals surface area contributed by atoms with Crippen molar-refractivity contribution < 1.29 is 13.9 Å². The lowest BCUT2D eigenvalue weighted by Crippen LogP contribution is -2.44. The van der Waals surface area contributed by atoms with Crippen molar-refractivity contribution in [2.45, 2.75) is 76.2 Å². The molecule has 214 valence electrons. The highest BCUT2D eigenvalue weighted by molar-refractivity contribution is 9.10. The number of nitrogens with two attached hydrogens (primary N) is 1. The molecule has 0 saturated heterocycles. The molecular formula is C29H36BrClFN5O2Si. The second-order valence-corrected chi connectivity index (χ2v) is 19.5. The van der Waals surface area contributed by atoms with Crippen LogP contribution in [0.15, 0.2) is 40.1 Å². The minimum absolute atomic E-state index is 0.0913. The SMILES string of the molecule is CC(C)(C)[Si](C)(C)Oc1cc(Cl)c(N=C(N)c2cnn3cc(Br)cc3c2NC2C3CC4CC(O)(C3)CC42)cc1F. The molecule has 5 unspecified atom stereocenters. The summed E-state index contributed by atoms with van der Waals surface area (Å²) in [6.45, 7) is 10.4. The summed E-state index contributed by atoms with van der Waals surface area (Å²) in [6, 6.07) is 4.99. The Labute approximate surface area is 248 Å². The molecule has 5 atom stereocenters. The average Bonchev–Trinajstić information content (AvgIpc) is 3.41. The normalized spacial score (nSPS) is 28.1. The number of hydrogen-bond donors (Lipinski definition) is 3. The molecule has 0 radical (unpaired) electrons. The van der Waals surface area contributed by atoms with Crippen molar-refractivity contribution in [2.75, 3.05) is 5.32 Å². The second kappa shape index (κ2) is 9.44. The van der Waals surface area contributed by atoms with E-state index in [9.17, 15) is 5.11 Å². The zero-order valence-corrected chi connectivity index (χ0v) is 26.8. The van der Waals surface area contributed by atoms with Crippen LogP contribution in [0.3, 0.4) is 0 Å².